The maximum absolute atomic E-state index is 9.42. The van der Waals surface area contributed by atoms with Crippen molar-refractivity contribution in [1.82, 2.24) is 0 Å². The molecule has 0 radical (unpaired) electrons. The van der Waals surface area contributed by atoms with Crippen LogP contribution in [0.5, 0.6) is 0 Å². The van der Waals surface area contributed by atoms with Crippen LogP contribution in [0.25, 0.3) is 0 Å². The Hall–Kier alpha value is -0.340. The van der Waals surface area contributed by atoms with E-state index < -0.39 is 0 Å². The number of hydrogen-bond acceptors (Lipinski definition) is 1. The van der Waals surface area contributed by atoms with Crippen molar-refractivity contribution in [1.29, 1.82) is 0 Å². The van der Waals surface area contributed by atoms with Crippen LogP contribution in [0.3, 0.4) is 0 Å². The van der Waals surface area contributed by atoms with Gasteiger partial charge < -0.3 is 5.11 Å². The highest BCUT2D eigenvalue weighted by Gasteiger charge is 2.28. The van der Waals surface area contributed by atoms with Crippen LogP contribution in [0, 0.1) is 5.92 Å². The lowest BCUT2D eigenvalue weighted by Crippen LogP contribution is -2.23. The molecule has 2 heteroatoms. The smallest absolute Gasteiger partial charge is 0.0502 e. The molecule has 1 aromatic carbocycles. The van der Waals surface area contributed by atoms with Crippen molar-refractivity contribution < 1.29 is 5.11 Å². The third-order valence-corrected chi connectivity index (χ3v) is 3.94. The predicted octanol–water partition coefficient (Wildman–Crippen LogP) is 3.33. The van der Waals surface area contributed by atoms with Crippen molar-refractivity contribution in [2.45, 2.75) is 25.2 Å². The topological polar surface area (TPSA) is 20.2 Å². The molecule has 1 nitrogen and oxygen atoms in total. The highest BCUT2D eigenvalue weighted by atomic mass is 79.9. The summed E-state index contributed by atoms with van der Waals surface area (Å²) in [5.74, 6) is 1.03. The highest BCUT2D eigenvalue weighted by Crippen LogP contribution is 2.40. The largest absolute Gasteiger partial charge is 0.396 e. The molecule has 0 aliphatic heterocycles. The fourth-order valence-corrected chi connectivity index (χ4v) is 2.70. The van der Waals surface area contributed by atoms with Gasteiger partial charge >= 0.3 is 0 Å². The lowest BCUT2D eigenvalue weighted by atomic mass is 9.73. The second kappa shape index (κ2) is 4.45. The number of hydrogen-bond donors (Lipinski definition) is 1. The minimum absolute atomic E-state index is 0.271. The maximum atomic E-state index is 9.42. The third kappa shape index (κ3) is 1.86. The standard InChI is InChI=1S/C12H15BrO/c13-12-7-2-1-6-10(12)11(8-14)9-4-3-5-9/h1-2,6-7,9,11,14H,3-5,8H2. The Labute approximate surface area is 93.3 Å². The summed E-state index contributed by atoms with van der Waals surface area (Å²) >= 11 is 3.55. The van der Waals surface area contributed by atoms with E-state index in [1.807, 2.05) is 12.1 Å². The first-order chi connectivity index (χ1) is 6.83. The minimum Gasteiger partial charge on any atom is -0.396 e. The number of rotatable bonds is 3. The Morgan fingerprint density at radius 3 is 2.57 bits per heavy atom. The van der Waals surface area contributed by atoms with Gasteiger partial charge in [0.15, 0.2) is 0 Å². The summed E-state index contributed by atoms with van der Waals surface area (Å²) in [7, 11) is 0. The van der Waals surface area contributed by atoms with E-state index >= 15 is 0 Å². The van der Waals surface area contributed by atoms with Crippen LogP contribution in [0.15, 0.2) is 28.7 Å². The van der Waals surface area contributed by atoms with Gasteiger partial charge in [0, 0.05) is 10.4 Å². The van der Waals surface area contributed by atoms with Crippen LogP contribution >= 0.6 is 15.9 Å². The molecular weight excluding hydrogens is 240 g/mol. The van der Waals surface area contributed by atoms with Crippen molar-refractivity contribution in [3.8, 4) is 0 Å². The Balaban J connectivity index is 2.22. The van der Waals surface area contributed by atoms with Gasteiger partial charge in [-0.05, 0) is 30.4 Å². The van der Waals surface area contributed by atoms with E-state index in [-0.39, 0.29) is 6.61 Å². The molecule has 0 saturated heterocycles. The molecule has 0 amide bonds. The van der Waals surface area contributed by atoms with Gasteiger partial charge in [0.25, 0.3) is 0 Å². The number of benzene rings is 1. The zero-order chi connectivity index (χ0) is 9.97. The summed E-state index contributed by atoms with van der Waals surface area (Å²) in [5.41, 5.74) is 1.26. The molecule has 1 atom stereocenters. The van der Waals surface area contributed by atoms with Gasteiger partial charge in [0.05, 0.1) is 6.61 Å². The predicted molar refractivity (Wildman–Crippen MR) is 61.3 cm³/mol. The summed E-state index contributed by atoms with van der Waals surface area (Å²) in [5, 5.41) is 9.42. The first-order valence-electron chi connectivity index (χ1n) is 5.18. The summed E-state index contributed by atoms with van der Waals surface area (Å²) in [6, 6.07) is 8.23. The maximum Gasteiger partial charge on any atom is 0.0502 e. The zero-order valence-corrected chi connectivity index (χ0v) is 9.70. The van der Waals surface area contributed by atoms with Gasteiger partial charge in [-0.25, -0.2) is 0 Å². The van der Waals surface area contributed by atoms with Crippen LogP contribution < -0.4 is 0 Å². The Morgan fingerprint density at radius 1 is 1.36 bits per heavy atom. The van der Waals surface area contributed by atoms with Gasteiger partial charge in [-0.1, -0.05) is 40.5 Å². The molecule has 2 rings (SSSR count). The number of aliphatic hydroxyl groups is 1. The van der Waals surface area contributed by atoms with Crippen LogP contribution in [0.1, 0.15) is 30.7 Å². The molecule has 14 heavy (non-hydrogen) atoms. The first kappa shape index (κ1) is 10.2. The molecule has 1 unspecified atom stereocenters. The molecule has 1 fully saturated rings. The quantitative estimate of drug-likeness (QED) is 0.878. The van der Waals surface area contributed by atoms with Gasteiger partial charge in [-0.2, -0.15) is 0 Å². The van der Waals surface area contributed by atoms with E-state index in [2.05, 4.69) is 28.1 Å². The van der Waals surface area contributed by atoms with E-state index in [4.69, 9.17) is 0 Å². The Bertz CT molecular complexity index is 307. The van der Waals surface area contributed by atoms with Gasteiger partial charge in [0.2, 0.25) is 0 Å². The monoisotopic (exact) mass is 254 g/mol. The summed E-state index contributed by atoms with van der Waals surface area (Å²) in [4.78, 5) is 0. The van der Waals surface area contributed by atoms with E-state index in [9.17, 15) is 5.11 Å². The normalized spacial score (nSPS) is 19.0. The number of halogens is 1. The SMILES string of the molecule is OCC(c1ccccc1Br)C1CCC1. The van der Waals surface area contributed by atoms with Gasteiger partial charge in [-0.15, -0.1) is 0 Å². The molecule has 1 N–H and O–H groups in total. The minimum atomic E-state index is 0.271. The lowest BCUT2D eigenvalue weighted by Gasteiger charge is -2.33. The third-order valence-electron chi connectivity index (χ3n) is 3.22. The molecule has 0 bridgehead atoms. The average Bonchev–Trinajstić information content (AvgIpc) is 2.12. The molecular formula is C12H15BrO. The van der Waals surface area contributed by atoms with Crippen LogP contribution in [-0.2, 0) is 0 Å². The van der Waals surface area contributed by atoms with Gasteiger partial charge in [0.1, 0.15) is 0 Å². The van der Waals surface area contributed by atoms with Crippen molar-refractivity contribution in [2.75, 3.05) is 6.61 Å². The lowest BCUT2D eigenvalue weighted by molar-refractivity contribution is 0.173. The van der Waals surface area contributed by atoms with Crippen molar-refractivity contribution in [2.24, 2.45) is 5.92 Å². The van der Waals surface area contributed by atoms with Crippen LogP contribution in [-0.4, -0.2) is 11.7 Å². The molecule has 0 heterocycles. The fourth-order valence-electron chi connectivity index (χ4n) is 2.12. The zero-order valence-electron chi connectivity index (χ0n) is 8.12. The van der Waals surface area contributed by atoms with E-state index in [0.717, 1.165) is 4.47 Å². The van der Waals surface area contributed by atoms with Crippen molar-refractivity contribution in [3.63, 3.8) is 0 Å². The molecule has 0 aromatic heterocycles. The van der Waals surface area contributed by atoms with Crippen molar-refractivity contribution in [3.05, 3.63) is 34.3 Å². The highest BCUT2D eigenvalue weighted by molar-refractivity contribution is 9.10. The average molecular weight is 255 g/mol. The summed E-state index contributed by atoms with van der Waals surface area (Å²) in [6.07, 6.45) is 3.87. The van der Waals surface area contributed by atoms with Gasteiger partial charge in [-0.3, -0.25) is 0 Å². The molecule has 1 saturated carbocycles. The van der Waals surface area contributed by atoms with E-state index in [1.165, 1.54) is 24.8 Å². The Morgan fingerprint density at radius 2 is 2.07 bits per heavy atom. The second-order valence-corrected chi connectivity index (χ2v) is 4.86. The molecule has 1 aliphatic carbocycles. The summed E-state index contributed by atoms with van der Waals surface area (Å²) in [6.45, 7) is 0.271. The molecule has 76 valence electrons. The molecule has 0 spiro atoms. The van der Waals surface area contributed by atoms with Crippen molar-refractivity contribution >= 4 is 15.9 Å². The molecule has 1 aliphatic rings. The molecule has 1 aromatic rings. The first-order valence-corrected chi connectivity index (χ1v) is 5.97. The fraction of sp³-hybridized carbons (Fsp3) is 0.500. The van der Waals surface area contributed by atoms with E-state index in [0.29, 0.717) is 11.8 Å². The van der Waals surface area contributed by atoms with E-state index in [1.54, 1.807) is 0 Å². The van der Waals surface area contributed by atoms with Crippen LogP contribution in [0.4, 0.5) is 0 Å². The second-order valence-electron chi connectivity index (χ2n) is 4.00. The number of aliphatic hydroxyl groups excluding tert-OH is 1. The summed E-state index contributed by atoms with van der Waals surface area (Å²) < 4.78 is 1.13. The van der Waals surface area contributed by atoms with Crippen LogP contribution in [0.2, 0.25) is 0 Å². The Kier molecular flexibility index (Phi) is 3.24.